The van der Waals surface area contributed by atoms with E-state index in [-0.39, 0.29) is 11.8 Å². The smallest absolute Gasteiger partial charge is 0.232 e. The van der Waals surface area contributed by atoms with Crippen LogP contribution in [0.1, 0.15) is 31.4 Å². The topological polar surface area (TPSA) is 41.6 Å². The van der Waals surface area contributed by atoms with Crippen molar-refractivity contribution in [1.82, 2.24) is 5.32 Å². The van der Waals surface area contributed by atoms with Crippen molar-refractivity contribution in [1.29, 1.82) is 0 Å². The fraction of sp³-hybridized carbons (Fsp3) is 0.562. The van der Waals surface area contributed by atoms with Gasteiger partial charge in [0, 0.05) is 24.9 Å². The predicted molar refractivity (Wildman–Crippen MR) is 78.8 cm³/mol. The van der Waals surface area contributed by atoms with Gasteiger partial charge < -0.3 is 15.0 Å². The minimum Gasteiger partial charge on any atom is -0.381 e. The summed E-state index contributed by atoms with van der Waals surface area (Å²) < 4.78 is 5.36. The second-order valence-corrected chi connectivity index (χ2v) is 5.51. The second kappa shape index (κ2) is 5.94. The van der Waals surface area contributed by atoms with E-state index in [1.54, 1.807) is 0 Å². The number of rotatable bonds is 3. The molecule has 108 valence electrons. The minimum atomic E-state index is 0.0405. The summed E-state index contributed by atoms with van der Waals surface area (Å²) in [6.45, 7) is 5.16. The number of nitrogens with one attached hydrogen (secondary N) is 1. The van der Waals surface area contributed by atoms with Crippen molar-refractivity contribution in [3.8, 4) is 0 Å². The zero-order valence-corrected chi connectivity index (χ0v) is 12.0. The van der Waals surface area contributed by atoms with Gasteiger partial charge in [0.15, 0.2) is 0 Å². The number of para-hydroxylation sites is 1. The highest BCUT2D eigenvalue weighted by Crippen LogP contribution is 2.35. The van der Waals surface area contributed by atoms with Crippen molar-refractivity contribution < 1.29 is 9.53 Å². The molecule has 0 radical (unpaired) electrons. The highest BCUT2D eigenvalue weighted by Gasteiger charge is 2.33. The van der Waals surface area contributed by atoms with E-state index in [1.165, 1.54) is 5.56 Å². The summed E-state index contributed by atoms with van der Waals surface area (Å²) in [6.07, 6.45) is 1.83. The summed E-state index contributed by atoms with van der Waals surface area (Å²) >= 11 is 0. The summed E-state index contributed by atoms with van der Waals surface area (Å²) in [5, 5.41) is 3.51. The molecule has 20 heavy (non-hydrogen) atoms. The van der Waals surface area contributed by atoms with Gasteiger partial charge in [0.25, 0.3) is 0 Å². The van der Waals surface area contributed by atoms with Crippen molar-refractivity contribution in [3.63, 3.8) is 0 Å². The first-order valence-electron chi connectivity index (χ1n) is 7.52. The molecule has 3 rings (SSSR count). The van der Waals surface area contributed by atoms with Crippen LogP contribution in [0.3, 0.4) is 0 Å². The number of carbonyl (C=O) groups excluding carboxylic acids is 1. The number of fused-ring (bicyclic) bond motifs is 1. The Morgan fingerprint density at radius 2 is 2.25 bits per heavy atom. The summed E-state index contributed by atoms with van der Waals surface area (Å²) in [4.78, 5) is 14.6. The first-order valence-corrected chi connectivity index (χ1v) is 7.52. The number of ether oxygens (including phenoxy) is 1. The van der Waals surface area contributed by atoms with Gasteiger partial charge in [-0.2, -0.15) is 0 Å². The number of anilines is 1. The van der Waals surface area contributed by atoms with Gasteiger partial charge in [0.2, 0.25) is 5.91 Å². The van der Waals surface area contributed by atoms with E-state index in [4.69, 9.17) is 4.74 Å². The Hall–Kier alpha value is -1.39. The average Bonchev–Trinajstić information content (AvgIpc) is 3.01. The van der Waals surface area contributed by atoms with Crippen molar-refractivity contribution in [2.24, 2.45) is 5.92 Å². The Kier molecular flexibility index (Phi) is 4.03. The van der Waals surface area contributed by atoms with Crippen LogP contribution in [-0.4, -0.2) is 32.2 Å². The number of hydrogen-bond acceptors (Lipinski definition) is 3. The van der Waals surface area contributed by atoms with Crippen LogP contribution < -0.4 is 10.2 Å². The molecule has 2 heterocycles. The zero-order chi connectivity index (χ0) is 13.9. The lowest BCUT2D eigenvalue weighted by Crippen LogP contribution is -2.42. The van der Waals surface area contributed by atoms with Gasteiger partial charge >= 0.3 is 0 Å². The highest BCUT2D eigenvalue weighted by molar-refractivity contribution is 5.96. The van der Waals surface area contributed by atoms with E-state index < -0.39 is 0 Å². The number of hydrogen-bond donors (Lipinski definition) is 1. The molecule has 1 aromatic rings. The molecule has 2 aliphatic heterocycles. The average molecular weight is 274 g/mol. The Labute approximate surface area is 120 Å². The van der Waals surface area contributed by atoms with Crippen LogP contribution in [0, 0.1) is 5.92 Å². The van der Waals surface area contributed by atoms with Gasteiger partial charge in [-0.3, -0.25) is 4.79 Å². The first-order chi connectivity index (χ1) is 9.81. The van der Waals surface area contributed by atoms with Crippen LogP contribution in [0.2, 0.25) is 0 Å². The Bertz CT molecular complexity index is 483. The molecule has 0 saturated carbocycles. The van der Waals surface area contributed by atoms with Crippen molar-refractivity contribution >= 4 is 11.6 Å². The van der Waals surface area contributed by atoms with Gasteiger partial charge in [0.05, 0.1) is 12.5 Å². The molecule has 1 amide bonds. The second-order valence-electron chi connectivity index (χ2n) is 5.51. The molecule has 2 unspecified atom stereocenters. The molecule has 1 aromatic carbocycles. The monoisotopic (exact) mass is 274 g/mol. The third-order valence-electron chi connectivity index (χ3n) is 4.24. The van der Waals surface area contributed by atoms with Gasteiger partial charge in [-0.15, -0.1) is 0 Å². The van der Waals surface area contributed by atoms with E-state index in [0.717, 1.165) is 31.6 Å². The zero-order valence-electron chi connectivity index (χ0n) is 12.0. The number of carbonyl (C=O) groups is 1. The molecule has 0 bridgehead atoms. The van der Waals surface area contributed by atoms with E-state index in [1.807, 2.05) is 11.0 Å². The fourth-order valence-corrected chi connectivity index (χ4v) is 3.20. The van der Waals surface area contributed by atoms with Crippen LogP contribution in [-0.2, 0) is 9.53 Å². The molecule has 0 aliphatic carbocycles. The molecule has 1 N–H and O–H groups in total. The number of amides is 1. The summed E-state index contributed by atoms with van der Waals surface area (Å²) in [5.74, 6) is 0.267. The van der Waals surface area contributed by atoms with Gasteiger partial charge in [-0.25, -0.2) is 0 Å². The summed E-state index contributed by atoms with van der Waals surface area (Å²) in [5.41, 5.74) is 2.31. The van der Waals surface area contributed by atoms with Gasteiger partial charge in [-0.05, 0) is 31.0 Å². The van der Waals surface area contributed by atoms with Crippen molar-refractivity contribution in [2.45, 2.75) is 25.8 Å². The maximum atomic E-state index is 12.7. The predicted octanol–water partition coefficient (Wildman–Crippen LogP) is 2.11. The SMILES string of the molecule is CCNC1CCN(C(=O)C2CCOC2)c2ccccc21. The lowest BCUT2D eigenvalue weighted by Gasteiger charge is -2.35. The normalized spacial score (nSPS) is 25.6. The fourth-order valence-electron chi connectivity index (χ4n) is 3.20. The highest BCUT2D eigenvalue weighted by atomic mass is 16.5. The molecule has 4 heteroatoms. The maximum absolute atomic E-state index is 12.7. The van der Waals surface area contributed by atoms with Crippen LogP contribution >= 0.6 is 0 Å². The number of nitrogens with zero attached hydrogens (tertiary/aromatic N) is 1. The Balaban J connectivity index is 1.86. The lowest BCUT2D eigenvalue weighted by molar-refractivity contribution is -0.122. The molecule has 1 saturated heterocycles. The van der Waals surface area contributed by atoms with E-state index in [0.29, 0.717) is 19.3 Å². The largest absolute Gasteiger partial charge is 0.381 e. The van der Waals surface area contributed by atoms with Gasteiger partial charge in [0.1, 0.15) is 0 Å². The minimum absolute atomic E-state index is 0.0405. The van der Waals surface area contributed by atoms with Crippen LogP contribution in [0.15, 0.2) is 24.3 Å². The van der Waals surface area contributed by atoms with Gasteiger partial charge in [-0.1, -0.05) is 25.1 Å². The third kappa shape index (κ3) is 2.45. The molecular formula is C16H22N2O2. The third-order valence-corrected chi connectivity index (χ3v) is 4.24. The van der Waals surface area contributed by atoms with E-state index in [2.05, 4.69) is 30.4 Å². The molecule has 0 spiro atoms. The van der Waals surface area contributed by atoms with Crippen LogP contribution in [0.25, 0.3) is 0 Å². The van der Waals surface area contributed by atoms with Crippen LogP contribution in [0.4, 0.5) is 5.69 Å². The van der Waals surface area contributed by atoms with Crippen molar-refractivity contribution in [2.75, 3.05) is 31.2 Å². The Morgan fingerprint density at radius 3 is 3.00 bits per heavy atom. The number of benzene rings is 1. The summed E-state index contributed by atoms with van der Waals surface area (Å²) in [7, 11) is 0. The maximum Gasteiger partial charge on any atom is 0.232 e. The molecule has 2 atom stereocenters. The van der Waals surface area contributed by atoms with E-state index >= 15 is 0 Å². The van der Waals surface area contributed by atoms with Crippen LogP contribution in [0.5, 0.6) is 0 Å². The standard InChI is InChI=1S/C16H22N2O2/c1-2-17-14-7-9-18(15-6-4-3-5-13(14)15)16(19)12-8-10-20-11-12/h3-6,12,14,17H,2,7-11H2,1H3. The summed E-state index contributed by atoms with van der Waals surface area (Å²) in [6, 6.07) is 8.62. The molecule has 4 nitrogen and oxygen atoms in total. The van der Waals surface area contributed by atoms with Crippen molar-refractivity contribution in [3.05, 3.63) is 29.8 Å². The lowest BCUT2D eigenvalue weighted by atomic mass is 9.94. The molecule has 2 aliphatic rings. The Morgan fingerprint density at radius 1 is 1.40 bits per heavy atom. The van der Waals surface area contributed by atoms with E-state index in [9.17, 15) is 4.79 Å². The first kappa shape index (κ1) is 13.6. The molecule has 0 aromatic heterocycles. The quantitative estimate of drug-likeness (QED) is 0.918. The molecule has 1 fully saturated rings. The molecular weight excluding hydrogens is 252 g/mol.